The van der Waals surface area contributed by atoms with Gasteiger partial charge in [-0.15, -0.1) is 11.8 Å². The van der Waals surface area contributed by atoms with Gasteiger partial charge in [0.2, 0.25) is 0 Å². The van der Waals surface area contributed by atoms with E-state index in [-0.39, 0.29) is 16.3 Å². The molecule has 0 radical (unpaired) electrons. The molecule has 0 atom stereocenters. The third-order valence-electron chi connectivity index (χ3n) is 2.63. The zero-order valence-corrected chi connectivity index (χ0v) is 13.5. The van der Waals surface area contributed by atoms with E-state index in [1.54, 1.807) is 11.8 Å². The molecule has 0 aliphatic heterocycles. The maximum Gasteiger partial charge on any atom is 0.319 e. The van der Waals surface area contributed by atoms with Crippen molar-refractivity contribution in [1.29, 1.82) is 0 Å². The molecule has 2 N–H and O–H groups in total. The van der Waals surface area contributed by atoms with Crippen molar-refractivity contribution in [1.82, 2.24) is 10.3 Å². The number of halogens is 2. The van der Waals surface area contributed by atoms with Crippen molar-refractivity contribution in [3.8, 4) is 0 Å². The van der Waals surface area contributed by atoms with Gasteiger partial charge in [0.25, 0.3) is 0 Å². The normalized spacial score (nSPS) is 10.2. The lowest BCUT2D eigenvalue weighted by molar-refractivity contribution is 0.251. The Morgan fingerprint density at radius 1 is 1.19 bits per heavy atom. The van der Waals surface area contributed by atoms with Crippen molar-refractivity contribution in [2.45, 2.75) is 11.4 Å². The lowest BCUT2D eigenvalue weighted by Crippen LogP contribution is -2.28. The average molecular weight is 342 g/mol. The first-order valence-corrected chi connectivity index (χ1v) is 8.06. The molecule has 0 unspecified atom stereocenters. The van der Waals surface area contributed by atoms with E-state index >= 15 is 0 Å². The summed E-state index contributed by atoms with van der Waals surface area (Å²) in [6.45, 7) is 0.438. The molecule has 1 heterocycles. The number of aromatic nitrogens is 1. The van der Waals surface area contributed by atoms with Crippen molar-refractivity contribution in [3.63, 3.8) is 0 Å². The lowest BCUT2D eigenvalue weighted by atomic mass is 10.2. The summed E-state index contributed by atoms with van der Waals surface area (Å²) in [5.74, 6) is 0. The van der Waals surface area contributed by atoms with E-state index in [9.17, 15) is 4.79 Å². The number of carbonyl (C=O) groups excluding carboxylic acids is 1. The van der Waals surface area contributed by atoms with Gasteiger partial charge in [0.05, 0.1) is 0 Å². The molecular weight excluding hydrogens is 329 g/mol. The van der Waals surface area contributed by atoms with Gasteiger partial charge in [0, 0.05) is 17.1 Å². The molecule has 2 amide bonds. The first-order valence-electron chi connectivity index (χ1n) is 6.07. The molecule has 2 rings (SSSR count). The van der Waals surface area contributed by atoms with E-state index in [1.807, 2.05) is 30.5 Å². The molecule has 0 bridgehead atoms. The summed E-state index contributed by atoms with van der Waals surface area (Å²) >= 11 is 13.2. The van der Waals surface area contributed by atoms with Gasteiger partial charge in [-0.25, -0.2) is 9.78 Å². The topological polar surface area (TPSA) is 54.0 Å². The van der Waals surface area contributed by atoms with E-state index in [2.05, 4.69) is 15.6 Å². The minimum Gasteiger partial charge on any atom is -0.334 e. The van der Waals surface area contributed by atoms with Crippen LogP contribution in [0.5, 0.6) is 0 Å². The Kier molecular flexibility index (Phi) is 5.73. The van der Waals surface area contributed by atoms with Crippen molar-refractivity contribution >= 4 is 46.7 Å². The molecule has 0 spiro atoms. The van der Waals surface area contributed by atoms with Crippen LogP contribution in [0.15, 0.2) is 41.3 Å². The van der Waals surface area contributed by atoms with Gasteiger partial charge in [0.15, 0.2) is 0 Å². The van der Waals surface area contributed by atoms with Crippen LogP contribution in [0.25, 0.3) is 0 Å². The van der Waals surface area contributed by atoms with Gasteiger partial charge < -0.3 is 10.6 Å². The van der Waals surface area contributed by atoms with Crippen LogP contribution in [0, 0.1) is 0 Å². The number of pyridine rings is 1. The fourth-order valence-corrected chi connectivity index (χ4v) is 2.51. The molecule has 1 aromatic heterocycles. The van der Waals surface area contributed by atoms with Crippen LogP contribution in [0.2, 0.25) is 10.3 Å². The summed E-state index contributed by atoms with van der Waals surface area (Å²) < 4.78 is 0. The number of benzene rings is 1. The summed E-state index contributed by atoms with van der Waals surface area (Å²) in [6, 6.07) is 10.7. The highest BCUT2D eigenvalue weighted by Crippen LogP contribution is 2.18. The second kappa shape index (κ2) is 7.54. The van der Waals surface area contributed by atoms with Crippen molar-refractivity contribution in [2.75, 3.05) is 11.6 Å². The van der Waals surface area contributed by atoms with E-state index < -0.39 is 0 Å². The molecule has 0 aliphatic carbocycles. The number of amides is 2. The molecule has 4 nitrogen and oxygen atoms in total. The molecule has 2 aromatic rings. The Balaban J connectivity index is 1.89. The minimum absolute atomic E-state index is 0.227. The number of hydrogen-bond acceptors (Lipinski definition) is 3. The fraction of sp³-hybridized carbons (Fsp3) is 0.143. The average Bonchev–Trinajstić information content (AvgIpc) is 2.44. The number of thioether (sulfide) groups is 1. The predicted octanol–water partition coefficient (Wildman–Crippen LogP) is 4.43. The lowest BCUT2D eigenvalue weighted by Gasteiger charge is -2.08. The fourth-order valence-electron chi connectivity index (χ4n) is 1.64. The standard InChI is InChI=1S/C14H13Cl2N3OS/c1-21-11-4-2-9(3-5-11)8-17-14(20)18-10-6-12(15)19-13(16)7-10/h2-7H,8H2,1H3,(H2,17,18,19,20). The number of carbonyl (C=O) groups is 1. The first kappa shape index (κ1) is 15.9. The smallest absolute Gasteiger partial charge is 0.319 e. The SMILES string of the molecule is CSc1ccc(CNC(=O)Nc2cc(Cl)nc(Cl)c2)cc1. The third-order valence-corrected chi connectivity index (χ3v) is 3.76. The van der Waals surface area contributed by atoms with E-state index in [0.717, 1.165) is 5.56 Å². The molecule has 1 aromatic carbocycles. The number of nitrogens with zero attached hydrogens (tertiary/aromatic N) is 1. The zero-order chi connectivity index (χ0) is 15.2. The van der Waals surface area contributed by atoms with Crippen molar-refractivity contribution in [2.24, 2.45) is 0 Å². The molecule has 0 saturated heterocycles. The van der Waals surface area contributed by atoms with Crippen molar-refractivity contribution < 1.29 is 4.79 Å². The van der Waals surface area contributed by atoms with Gasteiger partial charge in [-0.05, 0) is 36.1 Å². The molecule has 0 fully saturated rings. The van der Waals surface area contributed by atoms with Crippen LogP contribution in [0.1, 0.15) is 5.56 Å². The summed E-state index contributed by atoms with van der Waals surface area (Å²) in [7, 11) is 0. The number of urea groups is 1. The minimum atomic E-state index is -0.331. The van der Waals surface area contributed by atoms with Gasteiger partial charge in [-0.2, -0.15) is 0 Å². The number of hydrogen-bond donors (Lipinski definition) is 2. The highest BCUT2D eigenvalue weighted by Gasteiger charge is 2.04. The Morgan fingerprint density at radius 3 is 2.38 bits per heavy atom. The van der Waals surface area contributed by atoms with Gasteiger partial charge in [-0.3, -0.25) is 0 Å². The monoisotopic (exact) mass is 341 g/mol. The number of anilines is 1. The van der Waals surface area contributed by atoms with Crippen LogP contribution in [0.4, 0.5) is 10.5 Å². The summed E-state index contributed by atoms with van der Waals surface area (Å²) in [5, 5.41) is 5.87. The van der Waals surface area contributed by atoms with Crippen LogP contribution < -0.4 is 10.6 Å². The van der Waals surface area contributed by atoms with Crippen LogP contribution in [-0.2, 0) is 6.54 Å². The van der Waals surface area contributed by atoms with Crippen LogP contribution >= 0.6 is 35.0 Å². The number of nitrogens with one attached hydrogen (secondary N) is 2. The quantitative estimate of drug-likeness (QED) is 0.638. The zero-order valence-electron chi connectivity index (χ0n) is 11.2. The van der Waals surface area contributed by atoms with Crippen molar-refractivity contribution in [3.05, 3.63) is 52.3 Å². The summed E-state index contributed by atoms with van der Waals surface area (Å²) in [5.41, 5.74) is 1.52. The summed E-state index contributed by atoms with van der Waals surface area (Å²) in [6.07, 6.45) is 2.02. The third kappa shape index (κ3) is 5.12. The molecular formula is C14H13Cl2N3OS. The van der Waals surface area contributed by atoms with Crippen LogP contribution in [-0.4, -0.2) is 17.3 Å². The highest BCUT2D eigenvalue weighted by molar-refractivity contribution is 7.98. The Morgan fingerprint density at radius 2 is 1.81 bits per heavy atom. The Bertz CT molecular complexity index is 614. The molecule has 21 heavy (non-hydrogen) atoms. The number of rotatable bonds is 4. The Hall–Kier alpha value is -1.43. The predicted molar refractivity (Wildman–Crippen MR) is 88.3 cm³/mol. The Labute approximate surface area is 137 Å². The largest absolute Gasteiger partial charge is 0.334 e. The second-order valence-electron chi connectivity index (χ2n) is 4.16. The molecule has 0 saturated carbocycles. The van der Waals surface area contributed by atoms with E-state index in [0.29, 0.717) is 12.2 Å². The van der Waals surface area contributed by atoms with Gasteiger partial charge >= 0.3 is 6.03 Å². The van der Waals surface area contributed by atoms with Gasteiger partial charge in [0.1, 0.15) is 10.3 Å². The summed E-state index contributed by atoms with van der Waals surface area (Å²) in [4.78, 5) is 16.8. The molecule has 7 heteroatoms. The molecule has 110 valence electrons. The molecule has 0 aliphatic rings. The maximum absolute atomic E-state index is 11.8. The van der Waals surface area contributed by atoms with E-state index in [4.69, 9.17) is 23.2 Å². The second-order valence-corrected chi connectivity index (χ2v) is 5.81. The van der Waals surface area contributed by atoms with Crippen LogP contribution in [0.3, 0.4) is 0 Å². The van der Waals surface area contributed by atoms with Gasteiger partial charge in [-0.1, -0.05) is 35.3 Å². The first-order chi connectivity index (χ1) is 10.1. The maximum atomic E-state index is 11.8. The highest BCUT2D eigenvalue weighted by atomic mass is 35.5. The van der Waals surface area contributed by atoms with E-state index in [1.165, 1.54) is 17.0 Å².